The number of aromatic nitrogens is 7. The first-order valence-corrected chi connectivity index (χ1v) is 13.8. The van der Waals surface area contributed by atoms with Crippen LogP contribution in [0.4, 0.5) is 4.39 Å². The number of rotatable bonds is 10. The quantitative estimate of drug-likeness (QED) is 0.249. The molecule has 0 aromatic carbocycles. The van der Waals surface area contributed by atoms with Crippen LogP contribution in [0.1, 0.15) is 65.6 Å². The molecule has 5 aromatic heterocycles. The van der Waals surface area contributed by atoms with Crippen molar-refractivity contribution in [1.29, 1.82) is 0 Å². The molecule has 1 fully saturated rings. The van der Waals surface area contributed by atoms with Gasteiger partial charge >= 0.3 is 5.97 Å². The summed E-state index contributed by atoms with van der Waals surface area (Å²) in [5.41, 5.74) is 4.39. The van der Waals surface area contributed by atoms with Crippen molar-refractivity contribution in [2.75, 3.05) is 6.61 Å². The van der Waals surface area contributed by atoms with E-state index in [1.54, 1.807) is 13.1 Å². The smallest absolute Gasteiger partial charge is 0.308 e. The molecule has 212 valence electrons. The van der Waals surface area contributed by atoms with E-state index < -0.39 is 11.7 Å². The number of carbonyl (C=O) groups is 2. The molecule has 0 saturated heterocycles. The Hall–Kier alpha value is -4.32. The summed E-state index contributed by atoms with van der Waals surface area (Å²) >= 11 is 5.90. The Morgan fingerprint density at radius 1 is 1.24 bits per heavy atom. The number of hydrogen-bond acceptors (Lipinski definition) is 7. The predicted molar refractivity (Wildman–Crippen MR) is 147 cm³/mol. The van der Waals surface area contributed by atoms with E-state index >= 15 is 0 Å². The number of hydrogen-bond donors (Lipinski definition) is 1. The fourth-order valence-corrected chi connectivity index (χ4v) is 5.07. The van der Waals surface area contributed by atoms with Crippen molar-refractivity contribution in [1.82, 2.24) is 39.1 Å². The Morgan fingerprint density at radius 3 is 2.85 bits per heavy atom. The number of nitrogens with zero attached hydrogens (tertiary/aromatic N) is 7. The van der Waals surface area contributed by atoms with Crippen LogP contribution in [-0.2, 0) is 29.0 Å². The number of nitrogens with one attached hydrogen (secondary N) is 1. The number of esters is 1. The third-order valence-corrected chi connectivity index (χ3v) is 7.43. The lowest BCUT2D eigenvalue weighted by Crippen LogP contribution is -2.23. The van der Waals surface area contributed by atoms with E-state index in [1.807, 2.05) is 17.5 Å². The molecule has 41 heavy (non-hydrogen) atoms. The molecule has 0 spiro atoms. The molecule has 1 atom stereocenters. The van der Waals surface area contributed by atoms with Crippen LogP contribution in [0.15, 0.2) is 43.2 Å². The normalized spacial score (nSPS) is 14.0. The number of halogens is 2. The van der Waals surface area contributed by atoms with E-state index in [4.69, 9.17) is 21.3 Å². The van der Waals surface area contributed by atoms with Crippen LogP contribution in [0.3, 0.4) is 0 Å². The van der Waals surface area contributed by atoms with Gasteiger partial charge in [0, 0.05) is 18.6 Å². The third-order valence-electron chi connectivity index (χ3n) is 7.14. The van der Waals surface area contributed by atoms with E-state index in [0.717, 1.165) is 29.7 Å². The molecule has 1 unspecified atom stereocenters. The first-order chi connectivity index (χ1) is 19.8. The molecule has 5 aromatic rings. The van der Waals surface area contributed by atoms with Gasteiger partial charge in [-0.3, -0.25) is 9.59 Å². The maximum absolute atomic E-state index is 14.5. The van der Waals surface area contributed by atoms with E-state index in [1.165, 1.54) is 33.2 Å². The van der Waals surface area contributed by atoms with Crippen LogP contribution < -0.4 is 5.32 Å². The van der Waals surface area contributed by atoms with Gasteiger partial charge in [0.05, 0.1) is 54.5 Å². The van der Waals surface area contributed by atoms with Gasteiger partial charge in [0.2, 0.25) is 0 Å². The minimum atomic E-state index is -0.600. The Kier molecular flexibility index (Phi) is 7.16. The van der Waals surface area contributed by atoms with Gasteiger partial charge in [-0.1, -0.05) is 29.8 Å². The zero-order valence-electron chi connectivity index (χ0n) is 22.5. The third kappa shape index (κ3) is 5.51. The summed E-state index contributed by atoms with van der Waals surface area (Å²) in [6, 6.07) is 3.59. The van der Waals surface area contributed by atoms with Gasteiger partial charge in [-0.25, -0.2) is 19.0 Å². The van der Waals surface area contributed by atoms with E-state index in [-0.39, 0.29) is 34.7 Å². The largest absolute Gasteiger partial charge is 0.466 e. The lowest BCUT2D eigenvalue weighted by molar-refractivity contribution is -0.147. The lowest BCUT2D eigenvalue weighted by Gasteiger charge is -2.12. The number of carbonyl (C=O) groups excluding carboxylic acids is 2. The number of imidazole rings is 2. The number of ether oxygens (including phenoxy) is 1. The molecule has 11 nitrogen and oxygen atoms in total. The van der Waals surface area contributed by atoms with Gasteiger partial charge in [-0.2, -0.15) is 0 Å². The summed E-state index contributed by atoms with van der Waals surface area (Å²) in [5.74, 6) is -1.06. The number of amides is 1. The van der Waals surface area contributed by atoms with Crippen LogP contribution in [0.25, 0.3) is 11.2 Å². The predicted octanol–water partition coefficient (Wildman–Crippen LogP) is 3.96. The van der Waals surface area contributed by atoms with E-state index in [0.29, 0.717) is 31.2 Å². The highest BCUT2D eigenvalue weighted by molar-refractivity contribution is 6.31. The van der Waals surface area contributed by atoms with E-state index in [9.17, 15) is 14.0 Å². The summed E-state index contributed by atoms with van der Waals surface area (Å²) < 4.78 is 24.7. The van der Waals surface area contributed by atoms with Crippen molar-refractivity contribution in [3.63, 3.8) is 0 Å². The summed E-state index contributed by atoms with van der Waals surface area (Å²) in [7, 11) is 0. The van der Waals surface area contributed by atoms with Crippen molar-refractivity contribution in [3.05, 3.63) is 82.3 Å². The molecule has 13 heteroatoms. The van der Waals surface area contributed by atoms with Gasteiger partial charge in [0.1, 0.15) is 11.2 Å². The monoisotopic (exact) mass is 578 g/mol. The van der Waals surface area contributed by atoms with Crippen LogP contribution in [0, 0.1) is 11.7 Å². The summed E-state index contributed by atoms with van der Waals surface area (Å²) in [5, 5.41) is 10.8. The fourth-order valence-electron chi connectivity index (χ4n) is 4.92. The molecule has 1 amide bonds. The molecule has 0 aliphatic heterocycles. The topological polar surface area (TPSA) is 121 Å². The Balaban J connectivity index is 1.17. The molecule has 0 bridgehead atoms. The van der Waals surface area contributed by atoms with Crippen LogP contribution >= 0.6 is 11.6 Å². The summed E-state index contributed by atoms with van der Waals surface area (Å²) in [6.45, 7) is 4.30. The molecular formula is C28H28ClFN8O3. The standard InChI is InChI=1S/C28H28ClFN8O3/c1-3-41-28(40)16(2)8-18-9-19(17-4-5-17)11-37-12-20(33-26(18)37)13-38-14-23(34-35-38)27(39)31-10-22-25-24(30)21(29)6-7-36(25)15-32-22/h6-7,9,11-12,14-17H,3-5,8,10,13H2,1-2H3,(H,31,39). The van der Waals surface area contributed by atoms with Crippen molar-refractivity contribution < 1.29 is 18.7 Å². The Bertz CT molecular complexity index is 1770. The molecular weight excluding hydrogens is 551 g/mol. The zero-order valence-corrected chi connectivity index (χ0v) is 23.3. The summed E-state index contributed by atoms with van der Waals surface area (Å²) in [6.07, 6.45) is 11.4. The zero-order chi connectivity index (χ0) is 28.7. The van der Waals surface area contributed by atoms with Crippen molar-refractivity contribution in [2.45, 2.75) is 52.1 Å². The molecule has 6 rings (SSSR count). The van der Waals surface area contributed by atoms with Gasteiger partial charge in [-0.05, 0) is 49.3 Å². The first-order valence-electron chi connectivity index (χ1n) is 13.5. The van der Waals surface area contributed by atoms with Gasteiger partial charge in [-0.15, -0.1) is 5.10 Å². The molecule has 1 saturated carbocycles. The average Bonchev–Trinajstić information content (AvgIpc) is 3.35. The highest BCUT2D eigenvalue weighted by atomic mass is 35.5. The minimum Gasteiger partial charge on any atom is -0.466 e. The highest BCUT2D eigenvalue weighted by Crippen LogP contribution is 2.40. The number of pyridine rings is 2. The van der Waals surface area contributed by atoms with Gasteiger partial charge < -0.3 is 18.9 Å². The molecule has 1 aliphatic rings. The summed E-state index contributed by atoms with van der Waals surface area (Å²) in [4.78, 5) is 34.0. The number of fused-ring (bicyclic) bond motifs is 2. The minimum absolute atomic E-state index is 0.0117. The molecule has 1 N–H and O–H groups in total. The van der Waals surface area contributed by atoms with Crippen LogP contribution in [0.2, 0.25) is 5.02 Å². The van der Waals surface area contributed by atoms with Crippen molar-refractivity contribution in [2.24, 2.45) is 5.92 Å². The van der Waals surface area contributed by atoms with E-state index in [2.05, 4.69) is 32.9 Å². The Morgan fingerprint density at radius 2 is 2.07 bits per heavy atom. The van der Waals surface area contributed by atoms with Crippen molar-refractivity contribution >= 4 is 34.6 Å². The molecule has 0 radical (unpaired) electrons. The van der Waals surface area contributed by atoms with Crippen LogP contribution in [0.5, 0.6) is 0 Å². The SMILES string of the molecule is CCOC(=O)C(C)Cc1cc(C2CC2)cn2cc(Cn3cc(C(=O)NCc4ncn5ccc(Cl)c(F)c45)nn3)nc12. The fraction of sp³-hybridized carbons (Fsp3) is 0.357. The average molecular weight is 579 g/mol. The van der Waals surface area contributed by atoms with Crippen molar-refractivity contribution in [3.8, 4) is 0 Å². The van der Waals surface area contributed by atoms with Gasteiger partial charge in [0.15, 0.2) is 11.5 Å². The molecule has 1 aliphatic carbocycles. The maximum atomic E-state index is 14.5. The Labute approximate surface area is 239 Å². The highest BCUT2D eigenvalue weighted by Gasteiger charge is 2.26. The van der Waals surface area contributed by atoms with Crippen LogP contribution in [-0.4, -0.2) is 52.2 Å². The lowest BCUT2D eigenvalue weighted by atomic mass is 10.00. The second-order valence-electron chi connectivity index (χ2n) is 10.3. The first kappa shape index (κ1) is 26.9. The second-order valence-corrected chi connectivity index (χ2v) is 10.7. The van der Waals surface area contributed by atoms with Gasteiger partial charge in [0.25, 0.3) is 5.91 Å². The maximum Gasteiger partial charge on any atom is 0.308 e. The second kappa shape index (κ2) is 10.9. The molecule has 5 heterocycles.